The smallest absolute Gasteiger partial charge is 0.0544 e. The number of nitrogens with zero attached hydrogens (tertiary/aromatic N) is 1. The van der Waals surface area contributed by atoms with E-state index in [-0.39, 0.29) is 0 Å². The molecule has 0 aromatic heterocycles. The lowest BCUT2D eigenvalue weighted by Crippen LogP contribution is -2.49. The monoisotopic (exact) mass is 225 g/mol. The Balaban J connectivity index is 1.97. The highest BCUT2D eigenvalue weighted by atomic mass is 16.5. The fourth-order valence-corrected chi connectivity index (χ4v) is 3.60. The molecule has 2 aliphatic rings. The third-order valence-electron chi connectivity index (χ3n) is 4.81. The lowest BCUT2D eigenvalue weighted by atomic mass is 9.76. The van der Waals surface area contributed by atoms with Gasteiger partial charge in [0.2, 0.25) is 0 Å². The van der Waals surface area contributed by atoms with Gasteiger partial charge in [-0.15, -0.1) is 0 Å². The molecule has 94 valence electrons. The minimum atomic E-state index is 0.433. The lowest BCUT2D eigenvalue weighted by molar-refractivity contribution is -0.0517. The second-order valence-corrected chi connectivity index (χ2v) is 5.88. The Bertz CT molecular complexity index is 231. The second-order valence-electron chi connectivity index (χ2n) is 5.88. The van der Waals surface area contributed by atoms with Crippen LogP contribution in [0.5, 0.6) is 0 Å². The molecule has 2 rings (SSSR count). The Hall–Kier alpha value is -0.0800. The van der Waals surface area contributed by atoms with Gasteiger partial charge in [-0.1, -0.05) is 13.3 Å². The van der Waals surface area contributed by atoms with Gasteiger partial charge in [-0.2, -0.15) is 0 Å². The number of ether oxygens (including phenoxy) is 1. The molecular formula is C14H27NO. The van der Waals surface area contributed by atoms with E-state index in [1.54, 1.807) is 0 Å². The first-order valence-corrected chi connectivity index (χ1v) is 7.00. The van der Waals surface area contributed by atoms with E-state index < -0.39 is 0 Å². The molecule has 1 saturated heterocycles. The van der Waals surface area contributed by atoms with Gasteiger partial charge in [-0.25, -0.2) is 0 Å². The third-order valence-corrected chi connectivity index (χ3v) is 4.81. The minimum Gasteiger partial charge on any atom is -0.378 e. The minimum absolute atomic E-state index is 0.433. The molecule has 0 amide bonds. The van der Waals surface area contributed by atoms with Crippen molar-refractivity contribution in [3.8, 4) is 0 Å². The van der Waals surface area contributed by atoms with Gasteiger partial charge in [-0.05, 0) is 52.6 Å². The maximum atomic E-state index is 6.06. The molecule has 1 unspecified atom stereocenters. The molecule has 2 nitrogen and oxygen atoms in total. The van der Waals surface area contributed by atoms with E-state index in [0.717, 1.165) is 19.1 Å². The highest BCUT2D eigenvalue weighted by molar-refractivity contribution is 4.99. The predicted octanol–water partition coefficient (Wildman–Crippen LogP) is 3.07. The number of likely N-dealkylation sites (tertiary alicyclic amines) is 1. The van der Waals surface area contributed by atoms with Gasteiger partial charge in [-0.3, -0.25) is 0 Å². The average molecular weight is 225 g/mol. The molecule has 2 heteroatoms. The highest BCUT2D eigenvalue weighted by Crippen LogP contribution is 2.47. The summed E-state index contributed by atoms with van der Waals surface area (Å²) in [6.07, 6.45) is 8.49. The van der Waals surface area contributed by atoms with Crippen LogP contribution in [0.15, 0.2) is 0 Å². The Kier molecular flexibility index (Phi) is 3.91. The van der Waals surface area contributed by atoms with Crippen molar-refractivity contribution in [2.24, 2.45) is 5.41 Å². The number of rotatable bonds is 4. The van der Waals surface area contributed by atoms with Crippen LogP contribution in [0.3, 0.4) is 0 Å². The molecule has 0 N–H and O–H groups in total. The quantitative estimate of drug-likeness (QED) is 0.729. The summed E-state index contributed by atoms with van der Waals surface area (Å²) in [5, 5.41) is 0. The standard InChI is InChI=1S/C14H27NO/c1-4-12(2)16-11-14-8-5-7-13(14)15(3)10-6-9-14/h12-13H,4-11H2,1-3H3/t12?,13-,14-/m1/s1. The number of piperidine rings is 1. The fourth-order valence-electron chi connectivity index (χ4n) is 3.60. The zero-order chi connectivity index (χ0) is 11.6. The molecule has 0 aromatic rings. The van der Waals surface area contributed by atoms with Crippen molar-refractivity contribution < 1.29 is 4.74 Å². The zero-order valence-electron chi connectivity index (χ0n) is 11.2. The normalized spacial score (nSPS) is 37.3. The van der Waals surface area contributed by atoms with Crippen LogP contribution in [0.1, 0.15) is 52.4 Å². The Labute approximate surface area is 100 Å². The van der Waals surface area contributed by atoms with Crippen molar-refractivity contribution in [2.75, 3.05) is 20.2 Å². The van der Waals surface area contributed by atoms with E-state index in [0.29, 0.717) is 11.5 Å². The number of fused-ring (bicyclic) bond motifs is 1. The first-order chi connectivity index (χ1) is 7.68. The van der Waals surface area contributed by atoms with Crippen LogP contribution in [0.25, 0.3) is 0 Å². The molecule has 1 aliphatic heterocycles. The summed E-state index contributed by atoms with van der Waals surface area (Å²) in [5.41, 5.74) is 0.496. The Morgan fingerprint density at radius 3 is 2.88 bits per heavy atom. The van der Waals surface area contributed by atoms with Gasteiger partial charge in [0.25, 0.3) is 0 Å². The first-order valence-electron chi connectivity index (χ1n) is 7.00. The second kappa shape index (κ2) is 5.05. The maximum absolute atomic E-state index is 6.06. The van der Waals surface area contributed by atoms with Gasteiger partial charge >= 0.3 is 0 Å². The number of hydrogen-bond donors (Lipinski definition) is 0. The van der Waals surface area contributed by atoms with Gasteiger partial charge < -0.3 is 9.64 Å². The molecule has 0 aromatic carbocycles. The average Bonchev–Trinajstić information content (AvgIpc) is 2.72. The van der Waals surface area contributed by atoms with Crippen LogP contribution in [-0.2, 0) is 4.74 Å². The molecule has 1 saturated carbocycles. The SMILES string of the molecule is CCC(C)OC[C@]12CCC[C@H]1N(C)CCC2. The molecule has 0 radical (unpaired) electrons. The van der Waals surface area contributed by atoms with Crippen LogP contribution < -0.4 is 0 Å². The molecule has 3 atom stereocenters. The van der Waals surface area contributed by atoms with Crippen LogP contribution in [0, 0.1) is 5.41 Å². The van der Waals surface area contributed by atoms with E-state index in [1.807, 2.05) is 0 Å². The van der Waals surface area contributed by atoms with Gasteiger partial charge in [0.1, 0.15) is 0 Å². The van der Waals surface area contributed by atoms with E-state index in [1.165, 1.54) is 38.6 Å². The van der Waals surface area contributed by atoms with Gasteiger partial charge in [0.15, 0.2) is 0 Å². The van der Waals surface area contributed by atoms with Crippen LogP contribution in [0.4, 0.5) is 0 Å². The molecule has 16 heavy (non-hydrogen) atoms. The topological polar surface area (TPSA) is 12.5 Å². The summed E-state index contributed by atoms with van der Waals surface area (Å²) >= 11 is 0. The van der Waals surface area contributed by atoms with Crippen molar-refractivity contribution >= 4 is 0 Å². The van der Waals surface area contributed by atoms with E-state index >= 15 is 0 Å². The molecule has 1 heterocycles. The molecule has 0 bridgehead atoms. The maximum Gasteiger partial charge on any atom is 0.0544 e. The van der Waals surface area contributed by atoms with Crippen LogP contribution in [-0.4, -0.2) is 37.2 Å². The lowest BCUT2D eigenvalue weighted by Gasteiger charge is -2.45. The largest absolute Gasteiger partial charge is 0.378 e. The summed E-state index contributed by atoms with van der Waals surface area (Å²) in [6.45, 7) is 6.70. The summed E-state index contributed by atoms with van der Waals surface area (Å²) in [7, 11) is 2.30. The summed E-state index contributed by atoms with van der Waals surface area (Å²) < 4.78 is 6.06. The first kappa shape index (κ1) is 12.4. The molecule has 1 aliphatic carbocycles. The Morgan fingerprint density at radius 1 is 1.38 bits per heavy atom. The van der Waals surface area contributed by atoms with E-state index in [9.17, 15) is 0 Å². The molecular weight excluding hydrogens is 198 g/mol. The third kappa shape index (κ3) is 2.28. The van der Waals surface area contributed by atoms with Crippen LogP contribution >= 0.6 is 0 Å². The van der Waals surface area contributed by atoms with Crippen molar-refractivity contribution in [2.45, 2.75) is 64.5 Å². The summed E-state index contributed by atoms with van der Waals surface area (Å²) in [5.74, 6) is 0. The van der Waals surface area contributed by atoms with Crippen molar-refractivity contribution in [3.05, 3.63) is 0 Å². The van der Waals surface area contributed by atoms with Crippen molar-refractivity contribution in [1.82, 2.24) is 4.90 Å². The van der Waals surface area contributed by atoms with Crippen molar-refractivity contribution in [1.29, 1.82) is 0 Å². The zero-order valence-corrected chi connectivity index (χ0v) is 11.2. The molecule has 2 fully saturated rings. The van der Waals surface area contributed by atoms with E-state index in [2.05, 4.69) is 25.8 Å². The Morgan fingerprint density at radius 2 is 2.12 bits per heavy atom. The number of hydrogen-bond acceptors (Lipinski definition) is 2. The predicted molar refractivity (Wildman–Crippen MR) is 67.6 cm³/mol. The summed E-state index contributed by atoms with van der Waals surface area (Å²) in [4.78, 5) is 2.58. The van der Waals surface area contributed by atoms with Crippen molar-refractivity contribution in [3.63, 3.8) is 0 Å². The summed E-state index contributed by atoms with van der Waals surface area (Å²) in [6, 6.07) is 0.797. The van der Waals surface area contributed by atoms with E-state index in [4.69, 9.17) is 4.74 Å². The molecule has 0 spiro atoms. The van der Waals surface area contributed by atoms with Crippen LogP contribution in [0.2, 0.25) is 0 Å². The fraction of sp³-hybridized carbons (Fsp3) is 1.00. The van der Waals surface area contributed by atoms with Gasteiger partial charge in [0, 0.05) is 11.5 Å². The highest BCUT2D eigenvalue weighted by Gasteiger charge is 2.46. The van der Waals surface area contributed by atoms with Gasteiger partial charge in [0.05, 0.1) is 12.7 Å².